The zero-order valence-corrected chi connectivity index (χ0v) is 16.3. The molecule has 0 fully saturated rings. The minimum atomic E-state index is -0.552. The largest absolute Gasteiger partial charge is 0.452 e. The van der Waals surface area contributed by atoms with Gasteiger partial charge in [0.1, 0.15) is 0 Å². The highest BCUT2D eigenvalue weighted by Crippen LogP contribution is 2.25. The molecule has 0 unspecified atom stereocenters. The quantitative estimate of drug-likeness (QED) is 0.476. The average Bonchev–Trinajstić information content (AvgIpc) is 3.24. The van der Waals surface area contributed by atoms with Crippen molar-refractivity contribution in [2.45, 2.75) is 13.0 Å². The lowest BCUT2D eigenvalue weighted by Crippen LogP contribution is -2.32. The van der Waals surface area contributed by atoms with E-state index in [4.69, 9.17) is 4.74 Å². The maximum Gasteiger partial charge on any atom is 0.331 e. The molecule has 2 aromatic carbocycles. The summed E-state index contributed by atoms with van der Waals surface area (Å²) in [4.78, 5) is 25.3. The van der Waals surface area contributed by atoms with E-state index in [1.54, 1.807) is 17.4 Å². The molecule has 28 heavy (non-hydrogen) atoms. The molecule has 0 aliphatic rings. The third-order valence-corrected chi connectivity index (χ3v) is 5.00. The van der Waals surface area contributed by atoms with E-state index >= 15 is 0 Å². The first-order chi connectivity index (χ1) is 13.6. The van der Waals surface area contributed by atoms with Crippen LogP contribution in [0.25, 0.3) is 6.08 Å². The highest BCUT2D eigenvalue weighted by Gasteiger charge is 2.18. The van der Waals surface area contributed by atoms with Gasteiger partial charge >= 0.3 is 5.97 Å². The molecule has 4 nitrogen and oxygen atoms in total. The van der Waals surface area contributed by atoms with Gasteiger partial charge in [-0.1, -0.05) is 66.2 Å². The minimum Gasteiger partial charge on any atom is -0.452 e. The van der Waals surface area contributed by atoms with Gasteiger partial charge in [0.05, 0.1) is 6.04 Å². The van der Waals surface area contributed by atoms with E-state index in [0.717, 1.165) is 21.6 Å². The second-order valence-corrected chi connectivity index (χ2v) is 7.26. The number of amides is 1. The Labute approximate surface area is 168 Å². The first-order valence-electron chi connectivity index (χ1n) is 8.91. The molecule has 1 atom stereocenters. The third kappa shape index (κ3) is 5.66. The van der Waals surface area contributed by atoms with E-state index in [-0.39, 0.29) is 18.6 Å². The number of nitrogens with one attached hydrogen (secondary N) is 1. The Kier molecular flexibility index (Phi) is 6.76. The van der Waals surface area contributed by atoms with Gasteiger partial charge in [-0.15, -0.1) is 11.3 Å². The summed E-state index contributed by atoms with van der Waals surface area (Å²) >= 11 is 1.57. The topological polar surface area (TPSA) is 55.4 Å². The SMILES string of the molecule is Cc1cccc(/C=C/C(=O)OCC(=O)N[C@H](c2ccccc2)c2cccs2)c1. The Hall–Kier alpha value is -3.18. The van der Waals surface area contributed by atoms with Crippen LogP contribution in [0.5, 0.6) is 0 Å². The van der Waals surface area contributed by atoms with E-state index in [1.165, 1.54) is 6.08 Å². The van der Waals surface area contributed by atoms with E-state index in [1.807, 2.05) is 79.0 Å². The average molecular weight is 391 g/mol. The molecule has 1 N–H and O–H groups in total. The standard InChI is InChI=1S/C23H21NO3S/c1-17-7-5-8-18(15-17)12-13-22(26)27-16-21(25)24-23(20-11-6-14-28-20)19-9-3-2-4-10-19/h2-15,23H,16H2,1H3,(H,24,25)/b13-12+/t23-/m1/s1. The highest BCUT2D eigenvalue weighted by molar-refractivity contribution is 7.10. The molecule has 1 heterocycles. The number of carbonyl (C=O) groups is 2. The van der Waals surface area contributed by atoms with Crippen molar-refractivity contribution in [1.29, 1.82) is 0 Å². The van der Waals surface area contributed by atoms with E-state index in [9.17, 15) is 9.59 Å². The number of carbonyl (C=O) groups excluding carboxylic acids is 2. The van der Waals surface area contributed by atoms with Gasteiger partial charge in [-0.25, -0.2) is 4.79 Å². The molecular formula is C23H21NO3S. The predicted molar refractivity (Wildman–Crippen MR) is 112 cm³/mol. The Morgan fingerprint density at radius 3 is 2.61 bits per heavy atom. The molecule has 0 spiro atoms. The number of ether oxygens (including phenoxy) is 1. The first kappa shape index (κ1) is 19.6. The zero-order chi connectivity index (χ0) is 19.8. The Bertz CT molecular complexity index is 949. The molecule has 3 rings (SSSR count). The number of rotatable bonds is 7. The van der Waals surface area contributed by atoms with Crippen molar-refractivity contribution in [2.24, 2.45) is 0 Å². The van der Waals surface area contributed by atoms with Gasteiger partial charge in [0.25, 0.3) is 5.91 Å². The second kappa shape index (κ2) is 9.67. The molecule has 0 saturated carbocycles. The number of thiophene rings is 1. The number of hydrogen-bond acceptors (Lipinski definition) is 4. The normalized spacial score (nSPS) is 11.9. The van der Waals surface area contributed by atoms with E-state index in [2.05, 4.69) is 5.32 Å². The van der Waals surface area contributed by atoms with Gasteiger partial charge in [-0.05, 0) is 35.6 Å². The fourth-order valence-corrected chi connectivity index (χ4v) is 3.55. The summed E-state index contributed by atoms with van der Waals surface area (Å²) in [5.74, 6) is -0.899. The van der Waals surface area contributed by atoms with Crippen molar-refractivity contribution in [1.82, 2.24) is 5.32 Å². The third-order valence-electron chi connectivity index (χ3n) is 4.07. The summed E-state index contributed by atoms with van der Waals surface area (Å²) in [5, 5.41) is 4.91. The van der Waals surface area contributed by atoms with Crippen LogP contribution >= 0.6 is 11.3 Å². The number of benzene rings is 2. The summed E-state index contributed by atoms with van der Waals surface area (Å²) in [7, 11) is 0. The fraction of sp³-hybridized carbons (Fsp3) is 0.130. The summed E-state index contributed by atoms with van der Waals surface area (Å²) < 4.78 is 5.08. The van der Waals surface area contributed by atoms with Gasteiger partial charge in [-0.3, -0.25) is 4.79 Å². The second-order valence-electron chi connectivity index (χ2n) is 6.28. The Morgan fingerprint density at radius 1 is 1.07 bits per heavy atom. The molecule has 0 aliphatic carbocycles. The van der Waals surface area contributed by atoms with Crippen LogP contribution in [-0.2, 0) is 14.3 Å². The molecule has 142 valence electrons. The zero-order valence-electron chi connectivity index (χ0n) is 15.5. The Balaban J connectivity index is 1.57. The van der Waals surface area contributed by atoms with Crippen LogP contribution in [-0.4, -0.2) is 18.5 Å². The van der Waals surface area contributed by atoms with Crippen LogP contribution < -0.4 is 5.32 Å². The van der Waals surface area contributed by atoms with Crippen LogP contribution in [0.1, 0.15) is 27.6 Å². The summed E-state index contributed by atoms with van der Waals surface area (Å²) in [6.07, 6.45) is 3.00. The van der Waals surface area contributed by atoms with Crippen molar-refractivity contribution >= 4 is 29.3 Å². The first-order valence-corrected chi connectivity index (χ1v) is 9.79. The number of aryl methyl sites for hydroxylation is 1. The van der Waals surface area contributed by atoms with Gasteiger partial charge in [0.15, 0.2) is 6.61 Å². The molecule has 1 aromatic heterocycles. The lowest BCUT2D eigenvalue weighted by Gasteiger charge is -2.18. The molecule has 3 aromatic rings. The maximum absolute atomic E-state index is 12.3. The van der Waals surface area contributed by atoms with Crippen LogP contribution in [0.3, 0.4) is 0 Å². The molecule has 0 aliphatic heterocycles. The lowest BCUT2D eigenvalue weighted by atomic mass is 10.1. The molecular weight excluding hydrogens is 370 g/mol. The smallest absolute Gasteiger partial charge is 0.331 e. The van der Waals surface area contributed by atoms with E-state index < -0.39 is 5.97 Å². The molecule has 0 radical (unpaired) electrons. The minimum absolute atomic E-state index is 0.268. The molecule has 1 amide bonds. The summed E-state index contributed by atoms with van der Waals surface area (Å²) in [6.45, 7) is 1.66. The molecule has 0 saturated heterocycles. The highest BCUT2D eigenvalue weighted by atomic mass is 32.1. The summed E-state index contributed by atoms with van der Waals surface area (Å²) in [5.41, 5.74) is 2.99. The summed E-state index contributed by atoms with van der Waals surface area (Å²) in [6, 6.07) is 21.1. The van der Waals surface area contributed by atoms with Crippen LogP contribution in [0.15, 0.2) is 78.2 Å². The van der Waals surface area contributed by atoms with Gasteiger partial charge in [-0.2, -0.15) is 0 Å². The monoisotopic (exact) mass is 391 g/mol. The van der Waals surface area contributed by atoms with Crippen molar-refractivity contribution in [3.05, 3.63) is 99.8 Å². The number of hydrogen-bond donors (Lipinski definition) is 1. The van der Waals surface area contributed by atoms with Crippen molar-refractivity contribution in [2.75, 3.05) is 6.61 Å². The fourth-order valence-electron chi connectivity index (χ4n) is 2.75. The van der Waals surface area contributed by atoms with Crippen molar-refractivity contribution in [3.8, 4) is 0 Å². The van der Waals surface area contributed by atoms with E-state index in [0.29, 0.717) is 0 Å². The van der Waals surface area contributed by atoms with Gasteiger partial charge < -0.3 is 10.1 Å². The van der Waals surface area contributed by atoms with Crippen molar-refractivity contribution < 1.29 is 14.3 Å². The van der Waals surface area contributed by atoms with Crippen LogP contribution in [0.4, 0.5) is 0 Å². The number of esters is 1. The molecule has 0 bridgehead atoms. The predicted octanol–water partition coefficient (Wildman–Crippen LogP) is 4.52. The van der Waals surface area contributed by atoms with Crippen LogP contribution in [0, 0.1) is 6.92 Å². The lowest BCUT2D eigenvalue weighted by molar-refractivity contribution is -0.143. The van der Waals surface area contributed by atoms with Gasteiger partial charge in [0, 0.05) is 11.0 Å². The van der Waals surface area contributed by atoms with Crippen LogP contribution in [0.2, 0.25) is 0 Å². The maximum atomic E-state index is 12.3. The Morgan fingerprint density at radius 2 is 1.89 bits per heavy atom. The molecule has 5 heteroatoms. The van der Waals surface area contributed by atoms with Crippen molar-refractivity contribution in [3.63, 3.8) is 0 Å². The van der Waals surface area contributed by atoms with Gasteiger partial charge in [0.2, 0.25) is 0 Å².